The molecule has 1 heterocycles. The van der Waals surface area contributed by atoms with Gasteiger partial charge in [-0.3, -0.25) is 9.69 Å². The molecule has 0 bridgehead atoms. The molecule has 1 aliphatic heterocycles. The molecule has 1 aliphatic rings. The Hall–Kier alpha value is -2.06. The summed E-state index contributed by atoms with van der Waals surface area (Å²) in [7, 11) is 2.70. The van der Waals surface area contributed by atoms with E-state index in [0.717, 1.165) is 11.8 Å². The summed E-state index contributed by atoms with van der Waals surface area (Å²) in [6.07, 6.45) is 1.63. The van der Waals surface area contributed by atoms with Crippen LogP contribution in [0.5, 0.6) is 11.5 Å². The minimum Gasteiger partial charge on any atom is -0.504 e. The van der Waals surface area contributed by atoms with Gasteiger partial charge in [-0.1, -0.05) is 30.0 Å². The lowest BCUT2D eigenvalue weighted by molar-refractivity contribution is -0.147. The van der Waals surface area contributed by atoms with Gasteiger partial charge in [0.15, 0.2) is 11.5 Å². The number of thioether (sulfide) groups is 1. The number of hydrogen-bond donors (Lipinski definition) is 1. The van der Waals surface area contributed by atoms with Gasteiger partial charge in [-0.2, -0.15) is 0 Å². The van der Waals surface area contributed by atoms with Crippen LogP contribution in [0.1, 0.15) is 12.5 Å². The van der Waals surface area contributed by atoms with Crippen LogP contribution in [-0.4, -0.2) is 46.5 Å². The van der Waals surface area contributed by atoms with E-state index < -0.39 is 12.0 Å². The van der Waals surface area contributed by atoms with Crippen LogP contribution >= 0.6 is 24.0 Å². The van der Waals surface area contributed by atoms with Gasteiger partial charge in [-0.25, -0.2) is 4.79 Å². The van der Waals surface area contributed by atoms with Crippen LogP contribution in [-0.2, 0) is 14.3 Å². The molecule has 2 rings (SSSR count). The number of esters is 1. The summed E-state index contributed by atoms with van der Waals surface area (Å²) in [5.41, 5.74) is 0.672. The molecule has 0 saturated carbocycles. The van der Waals surface area contributed by atoms with Gasteiger partial charge in [0.25, 0.3) is 5.91 Å². The highest BCUT2D eigenvalue weighted by Gasteiger charge is 2.38. The van der Waals surface area contributed by atoms with E-state index in [-0.39, 0.29) is 11.7 Å². The molecule has 8 heteroatoms. The first-order valence-electron chi connectivity index (χ1n) is 6.61. The SMILES string of the molecule is COC(=O)C(C)N1C(=O)C(=Cc2ccc(O)c(OC)c2)SC1=S. The van der Waals surface area contributed by atoms with Crippen LogP contribution in [0.15, 0.2) is 23.1 Å². The third-order valence-corrected chi connectivity index (χ3v) is 4.59. The zero-order valence-electron chi connectivity index (χ0n) is 12.7. The fourth-order valence-electron chi connectivity index (χ4n) is 2.03. The first kappa shape index (κ1) is 17.3. The first-order chi connectivity index (χ1) is 10.9. The lowest BCUT2D eigenvalue weighted by Gasteiger charge is -2.20. The predicted molar refractivity (Wildman–Crippen MR) is 91.1 cm³/mol. The Morgan fingerprint density at radius 2 is 2.13 bits per heavy atom. The number of aromatic hydroxyl groups is 1. The largest absolute Gasteiger partial charge is 0.504 e. The summed E-state index contributed by atoms with van der Waals surface area (Å²) < 4.78 is 9.98. The summed E-state index contributed by atoms with van der Waals surface area (Å²) in [5.74, 6) is -0.576. The van der Waals surface area contributed by atoms with E-state index in [1.54, 1.807) is 25.1 Å². The van der Waals surface area contributed by atoms with Crippen LogP contribution in [0.4, 0.5) is 0 Å². The summed E-state index contributed by atoms with van der Waals surface area (Å²) in [6.45, 7) is 1.56. The first-order valence-corrected chi connectivity index (χ1v) is 7.83. The normalized spacial score (nSPS) is 17.5. The lowest BCUT2D eigenvalue weighted by Crippen LogP contribution is -2.42. The Morgan fingerprint density at radius 3 is 2.74 bits per heavy atom. The fourth-order valence-corrected chi connectivity index (χ4v) is 3.44. The number of nitrogens with zero attached hydrogens (tertiary/aromatic N) is 1. The Morgan fingerprint density at radius 1 is 1.43 bits per heavy atom. The number of benzene rings is 1. The Bertz CT molecular complexity index is 701. The number of amides is 1. The van der Waals surface area contributed by atoms with Crippen molar-refractivity contribution in [2.75, 3.05) is 14.2 Å². The van der Waals surface area contributed by atoms with E-state index in [9.17, 15) is 14.7 Å². The molecule has 122 valence electrons. The number of phenolic OH excluding ortho intramolecular Hbond substituents is 1. The van der Waals surface area contributed by atoms with Gasteiger partial charge in [0.2, 0.25) is 0 Å². The van der Waals surface area contributed by atoms with Crippen molar-refractivity contribution in [1.82, 2.24) is 4.90 Å². The number of rotatable bonds is 4. The number of thiocarbonyl (C=S) groups is 1. The Balaban J connectivity index is 2.30. The molecule has 23 heavy (non-hydrogen) atoms. The smallest absolute Gasteiger partial charge is 0.328 e. The van der Waals surface area contributed by atoms with Crippen molar-refractivity contribution in [2.45, 2.75) is 13.0 Å². The summed E-state index contributed by atoms with van der Waals surface area (Å²) in [5, 5.41) is 9.59. The number of methoxy groups -OCH3 is 2. The molecule has 1 aromatic rings. The number of hydrogen-bond acceptors (Lipinski definition) is 7. The average molecular weight is 353 g/mol. The van der Waals surface area contributed by atoms with E-state index in [1.165, 1.54) is 25.2 Å². The van der Waals surface area contributed by atoms with Crippen molar-refractivity contribution >= 4 is 46.3 Å². The van der Waals surface area contributed by atoms with Gasteiger partial charge in [0.05, 0.1) is 19.1 Å². The molecule has 6 nitrogen and oxygen atoms in total. The second-order valence-electron chi connectivity index (χ2n) is 4.68. The monoisotopic (exact) mass is 353 g/mol. The molecule has 1 atom stereocenters. The van der Waals surface area contributed by atoms with Crippen LogP contribution in [0.25, 0.3) is 6.08 Å². The molecule has 0 spiro atoms. The van der Waals surface area contributed by atoms with E-state index in [4.69, 9.17) is 17.0 Å². The van der Waals surface area contributed by atoms with E-state index in [2.05, 4.69) is 4.74 Å². The van der Waals surface area contributed by atoms with Crippen LogP contribution in [0.2, 0.25) is 0 Å². The lowest BCUT2D eigenvalue weighted by atomic mass is 10.2. The van der Waals surface area contributed by atoms with E-state index in [0.29, 0.717) is 20.5 Å². The number of carbonyl (C=O) groups excluding carboxylic acids is 2. The average Bonchev–Trinajstić information content (AvgIpc) is 2.81. The molecule has 1 saturated heterocycles. The molecule has 1 amide bonds. The highest BCUT2D eigenvalue weighted by atomic mass is 32.2. The van der Waals surface area contributed by atoms with Gasteiger partial charge < -0.3 is 14.6 Å². The molecular weight excluding hydrogens is 338 g/mol. The predicted octanol–water partition coefficient (Wildman–Crippen LogP) is 2.16. The van der Waals surface area contributed by atoms with Crippen molar-refractivity contribution in [3.05, 3.63) is 28.7 Å². The van der Waals surface area contributed by atoms with Gasteiger partial charge in [0.1, 0.15) is 10.4 Å². The van der Waals surface area contributed by atoms with Crippen molar-refractivity contribution < 1.29 is 24.2 Å². The third kappa shape index (κ3) is 3.48. The van der Waals surface area contributed by atoms with Crippen LogP contribution in [0, 0.1) is 0 Å². The van der Waals surface area contributed by atoms with Crippen molar-refractivity contribution in [1.29, 1.82) is 0 Å². The Kier molecular flexibility index (Phi) is 5.27. The van der Waals surface area contributed by atoms with Crippen molar-refractivity contribution in [2.24, 2.45) is 0 Å². The van der Waals surface area contributed by atoms with Crippen LogP contribution in [0.3, 0.4) is 0 Å². The minimum atomic E-state index is -0.784. The van der Waals surface area contributed by atoms with Crippen LogP contribution < -0.4 is 4.74 Å². The Labute approximate surface area is 143 Å². The fraction of sp³-hybridized carbons (Fsp3) is 0.267. The number of phenols is 1. The zero-order valence-corrected chi connectivity index (χ0v) is 14.4. The second kappa shape index (κ2) is 7.01. The van der Waals surface area contributed by atoms with Gasteiger partial charge in [0, 0.05) is 0 Å². The van der Waals surface area contributed by atoms with Gasteiger partial charge in [-0.15, -0.1) is 0 Å². The number of ether oxygens (including phenoxy) is 2. The molecule has 1 unspecified atom stereocenters. The zero-order chi connectivity index (χ0) is 17.1. The third-order valence-electron chi connectivity index (χ3n) is 3.25. The molecule has 0 aliphatic carbocycles. The number of carbonyl (C=O) groups is 2. The summed E-state index contributed by atoms with van der Waals surface area (Å²) >= 11 is 6.29. The van der Waals surface area contributed by atoms with Crippen molar-refractivity contribution in [3.63, 3.8) is 0 Å². The van der Waals surface area contributed by atoms with E-state index in [1.807, 2.05) is 0 Å². The maximum atomic E-state index is 12.5. The topological polar surface area (TPSA) is 76.1 Å². The molecule has 1 fully saturated rings. The molecule has 1 aromatic carbocycles. The maximum Gasteiger partial charge on any atom is 0.328 e. The summed E-state index contributed by atoms with van der Waals surface area (Å²) in [6, 6.07) is 3.94. The molecule has 0 aromatic heterocycles. The van der Waals surface area contributed by atoms with Crippen molar-refractivity contribution in [3.8, 4) is 11.5 Å². The maximum absolute atomic E-state index is 12.5. The second-order valence-corrected chi connectivity index (χ2v) is 6.36. The molecule has 1 N–H and O–H groups in total. The van der Waals surface area contributed by atoms with Gasteiger partial charge >= 0.3 is 5.97 Å². The molecular formula is C15H15NO5S2. The quantitative estimate of drug-likeness (QED) is 0.505. The highest BCUT2D eigenvalue weighted by molar-refractivity contribution is 8.26. The standard InChI is InChI=1S/C15H15NO5S2/c1-8(14(19)21-3)16-13(18)12(23-15(16)22)7-9-4-5-10(17)11(6-9)20-2/h4-8,17H,1-3H3. The highest BCUT2D eigenvalue weighted by Crippen LogP contribution is 2.35. The minimum absolute atomic E-state index is 0.0107. The van der Waals surface area contributed by atoms with Gasteiger partial charge in [-0.05, 0) is 30.7 Å². The molecule has 0 radical (unpaired) electrons. The van der Waals surface area contributed by atoms with E-state index >= 15 is 0 Å². The summed E-state index contributed by atoms with van der Waals surface area (Å²) in [4.78, 5) is 25.7.